The van der Waals surface area contributed by atoms with Crippen molar-refractivity contribution in [1.82, 2.24) is 20.3 Å². The number of carbonyl (C=O) groups excluding carboxylic acids is 1. The number of hydrogen-bond acceptors (Lipinski definition) is 5. The lowest BCUT2D eigenvalue weighted by atomic mass is 10.3. The maximum Gasteiger partial charge on any atom is 0.270 e. The summed E-state index contributed by atoms with van der Waals surface area (Å²) in [5.41, 5.74) is 1.17. The van der Waals surface area contributed by atoms with Crippen LogP contribution in [0, 0.1) is 0 Å². The van der Waals surface area contributed by atoms with E-state index in [-0.39, 0.29) is 5.91 Å². The van der Waals surface area contributed by atoms with Gasteiger partial charge in [-0.3, -0.25) is 9.78 Å². The predicted molar refractivity (Wildman–Crippen MR) is 81.0 cm³/mol. The number of pyridine rings is 1. The zero-order chi connectivity index (χ0) is 15.1. The van der Waals surface area contributed by atoms with Crippen LogP contribution in [0.25, 0.3) is 0 Å². The van der Waals surface area contributed by atoms with Gasteiger partial charge in [0.1, 0.15) is 17.8 Å². The molecule has 2 aromatic heterocycles. The Kier molecular flexibility index (Phi) is 5.20. The Balaban J connectivity index is 2.04. The molecule has 0 bridgehead atoms. The van der Waals surface area contributed by atoms with Crippen LogP contribution in [0.15, 0.2) is 36.8 Å². The highest BCUT2D eigenvalue weighted by molar-refractivity contribution is 5.92. The van der Waals surface area contributed by atoms with Gasteiger partial charge in [-0.05, 0) is 26.0 Å². The van der Waals surface area contributed by atoms with E-state index in [0.29, 0.717) is 12.2 Å². The summed E-state index contributed by atoms with van der Waals surface area (Å²) in [6.07, 6.45) is 3.12. The van der Waals surface area contributed by atoms with E-state index in [1.54, 1.807) is 12.3 Å². The standard InChI is InChI=1S/C15H19N5O/c1-3-20(4-2)14-9-13(18-11-19-14)15(21)17-10-12-7-5-6-8-16-12/h5-9,11H,3-4,10H2,1-2H3,(H,17,21). The molecule has 2 heterocycles. The normalized spacial score (nSPS) is 10.2. The summed E-state index contributed by atoms with van der Waals surface area (Å²) in [5, 5.41) is 2.81. The highest BCUT2D eigenvalue weighted by atomic mass is 16.1. The molecule has 0 aliphatic rings. The van der Waals surface area contributed by atoms with Crippen molar-refractivity contribution in [1.29, 1.82) is 0 Å². The third-order valence-electron chi connectivity index (χ3n) is 3.13. The molecular weight excluding hydrogens is 266 g/mol. The number of rotatable bonds is 6. The number of nitrogens with one attached hydrogen (secondary N) is 1. The Hall–Kier alpha value is -2.50. The van der Waals surface area contributed by atoms with E-state index < -0.39 is 0 Å². The summed E-state index contributed by atoms with van der Waals surface area (Å²) in [4.78, 5) is 26.6. The lowest BCUT2D eigenvalue weighted by Crippen LogP contribution is -2.26. The molecule has 1 N–H and O–H groups in total. The summed E-state index contributed by atoms with van der Waals surface area (Å²) in [6, 6.07) is 7.30. The summed E-state index contributed by atoms with van der Waals surface area (Å²) >= 11 is 0. The molecule has 2 rings (SSSR count). The number of aromatic nitrogens is 3. The van der Waals surface area contributed by atoms with Crippen molar-refractivity contribution >= 4 is 11.7 Å². The SMILES string of the molecule is CCN(CC)c1cc(C(=O)NCc2ccccn2)ncn1. The molecule has 0 saturated heterocycles. The van der Waals surface area contributed by atoms with Crippen LogP contribution in [0.2, 0.25) is 0 Å². The van der Waals surface area contributed by atoms with Gasteiger partial charge in [0, 0.05) is 25.4 Å². The number of amides is 1. The van der Waals surface area contributed by atoms with Crippen molar-refractivity contribution in [3.63, 3.8) is 0 Å². The van der Waals surface area contributed by atoms with E-state index in [2.05, 4.69) is 25.2 Å². The quantitative estimate of drug-likeness (QED) is 0.873. The van der Waals surface area contributed by atoms with Gasteiger partial charge in [-0.15, -0.1) is 0 Å². The van der Waals surface area contributed by atoms with Crippen molar-refractivity contribution in [3.8, 4) is 0 Å². The molecule has 0 aliphatic heterocycles. The second kappa shape index (κ2) is 7.33. The maximum atomic E-state index is 12.1. The molecule has 1 amide bonds. The summed E-state index contributed by atoms with van der Waals surface area (Å²) in [6.45, 7) is 6.15. The zero-order valence-electron chi connectivity index (χ0n) is 12.3. The molecule has 0 atom stereocenters. The monoisotopic (exact) mass is 285 g/mol. The van der Waals surface area contributed by atoms with Crippen LogP contribution in [0.3, 0.4) is 0 Å². The zero-order valence-corrected chi connectivity index (χ0v) is 12.3. The third-order valence-corrected chi connectivity index (χ3v) is 3.13. The second-order valence-electron chi connectivity index (χ2n) is 4.44. The minimum atomic E-state index is -0.226. The van der Waals surface area contributed by atoms with E-state index >= 15 is 0 Å². The fourth-order valence-electron chi connectivity index (χ4n) is 1.96. The van der Waals surface area contributed by atoms with E-state index in [0.717, 1.165) is 24.6 Å². The van der Waals surface area contributed by atoms with Gasteiger partial charge in [-0.25, -0.2) is 9.97 Å². The number of carbonyl (C=O) groups is 1. The molecule has 0 spiro atoms. The molecule has 6 heteroatoms. The Morgan fingerprint density at radius 1 is 1.19 bits per heavy atom. The molecule has 0 saturated carbocycles. The van der Waals surface area contributed by atoms with Gasteiger partial charge in [-0.2, -0.15) is 0 Å². The molecular formula is C15H19N5O. The Morgan fingerprint density at radius 2 is 2.00 bits per heavy atom. The van der Waals surface area contributed by atoms with Gasteiger partial charge in [0.2, 0.25) is 0 Å². The van der Waals surface area contributed by atoms with Gasteiger partial charge in [0.25, 0.3) is 5.91 Å². The third kappa shape index (κ3) is 3.98. The molecule has 0 aliphatic carbocycles. The molecule has 6 nitrogen and oxygen atoms in total. The maximum absolute atomic E-state index is 12.1. The Morgan fingerprint density at radius 3 is 2.67 bits per heavy atom. The Labute approximate surface area is 124 Å². The first-order chi connectivity index (χ1) is 10.2. The molecule has 21 heavy (non-hydrogen) atoms. The van der Waals surface area contributed by atoms with Crippen LogP contribution in [0.1, 0.15) is 30.0 Å². The lowest BCUT2D eigenvalue weighted by Gasteiger charge is -2.19. The van der Waals surface area contributed by atoms with Gasteiger partial charge in [-0.1, -0.05) is 6.07 Å². The first-order valence-corrected chi connectivity index (χ1v) is 6.99. The van der Waals surface area contributed by atoms with Crippen molar-refractivity contribution in [2.75, 3.05) is 18.0 Å². The highest BCUT2D eigenvalue weighted by Gasteiger charge is 2.11. The fourth-order valence-corrected chi connectivity index (χ4v) is 1.96. The van der Waals surface area contributed by atoms with Crippen LogP contribution in [-0.4, -0.2) is 33.9 Å². The fraction of sp³-hybridized carbons (Fsp3) is 0.333. The van der Waals surface area contributed by atoms with Gasteiger partial charge in [0.05, 0.1) is 12.2 Å². The van der Waals surface area contributed by atoms with Crippen LogP contribution >= 0.6 is 0 Å². The number of nitrogens with zero attached hydrogens (tertiary/aromatic N) is 4. The van der Waals surface area contributed by atoms with Gasteiger partial charge < -0.3 is 10.2 Å². The van der Waals surface area contributed by atoms with Crippen molar-refractivity contribution in [2.24, 2.45) is 0 Å². The minimum Gasteiger partial charge on any atom is -0.357 e. The van der Waals surface area contributed by atoms with Crippen LogP contribution in [0.5, 0.6) is 0 Å². The van der Waals surface area contributed by atoms with Crippen molar-refractivity contribution in [3.05, 3.63) is 48.2 Å². The van der Waals surface area contributed by atoms with Gasteiger partial charge in [0.15, 0.2) is 0 Å². The van der Waals surface area contributed by atoms with Crippen molar-refractivity contribution in [2.45, 2.75) is 20.4 Å². The topological polar surface area (TPSA) is 71.0 Å². The Bertz CT molecular complexity index is 584. The summed E-state index contributed by atoms with van der Waals surface area (Å²) < 4.78 is 0. The van der Waals surface area contributed by atoms with Crippen LogP contribution in [0.4, 0.5) is 5.82 Å². The number of hydrogen-bond donors (Lipinski definition) is 1. The molecule has 0 aromatic carbocycles. The van der Waals surface area contributed by atoms with E-state index in [1.807, 2.05) is 32.0 Å². The van der Waals surface area contributed by atoms with E-state index in [4.69, 9.17) is 0 Å². The van der Waals surface area contributed by atoms with Crippen molar-refractivity contribution < 1.29 is 4.79 Å². The van der Waals surface area contributed by atoms with E-state index in [1.165, 1.54) is 6.33 Å². The summed E-state index contributed by atoms with van der Waals surface area (Å²) in [5.74, 6) is 0.537. The average Bonchev–Trinajstić information content (AvgIpc) is 2.55. The minimum absolute atomic E-state index is 0.226. The lowest BCUT2D eigenvalue weighted by molar-refractivity contribution is 0.0945. The van der Waals surface area contributed by atoms with Crippen LogP contribution in [-0.2, 0) is 6.54 Å². The molecule has 0 radical (unpaired) electrons. The molecule has 0 unspecified atom stereocenters. The molecule has 2 aromatic rings. The molecule has 0 fully saturated rings. The second-order valence-corrected chi connectivity index (χ2v) is 4.44. The highest BCUT2D eigenvalue weighted by Crippen LogP contribution is 2.10. The smallest absolute Gasteiger partial charge is 0.270 e. The van der Waals surface area contributed by atoms with E-state index in [9.17, 15) is 4.79 Å². The predicted octanol–water partition coefficient (Wildman–Crippen LogP) is 1.65. The number of anilines is 1. The molecule has 110 valence electrons. The average molecular weight is 285 g/mol. The largest absolute Gasteiger partial charge is 0.357 e. The summed E-state index contributed by atoms with van der Waals surface area (Å²) in [7, 11) is 0. The van der Waals surface area contributed by atoms with Crippen LogP contribution < -0.4 is 10.2 Å². The first kappa shape index (κ1) is 14.9. The first-order valence-electron chi connectivity index (χ1n) is 6.99. The van der Waals surface area contributed by atoms with Gasteiger partial charge >= 0.3 is 0 Å².